The fraction of sp³-hybridized carbons (Fsp3) is 0.471. The molecule has 0 bridgehead atoms. The van der Waals surface area contributed by atoms with Crippen LogP contribution in [0.3, 0.4) is 0 Å². The Bertz CT molecular complexity index is 2810. The van der Waals surface area contributed by atoms with Crippen molar-refractivity contribution >= 4 is 113 Å². The molecule has 0 aliphatic carbocycles. The number of aromatic amines is 1. The fourth-order valence-corrected chi connectivity index (χ4v) is 9.01. The number of aliphatic imine (C=N–C) groups is 2. The third-order valence-corrected chi connectivity index (χ3v) is 13.5. The van der Waals surface area contributed by atoms with E-state index in [4.69, 9.17) is 28.7 Å². The number of aliphatic carboxylic acids is 1. The Morgan fingerprint density at radius 1 is 0.622 bits per heavy atom. The lowest BCUT2D eigenvalue weighted by molar-refractivity contribution is -0.137. The molecule has 1 aromatic heterocycles. The Labute approximate surface area is 482 Å². The molecule has 31 heteroatoms. The number of nitrogens with two attached hydrogens (primary N) is 5. The number of nitrogens with zero attached hydrogens (tertiary/aromatic N) is 3. The number of thiol groups is 2. The number of hydrogen-bond donors (Lipinski definition) is 17. The van der Waals surface area contributed by atoms with Gasteiger partial charge in [0.2, 0.25) is 47.3 Å². The van der Waals surface area contributed by atoms with Crippen molar-refractivity contribution in [1.82, 2.24) is 52.4 Å². The number of guanidine groups is 2. The van der Waals surface area contributed by atoms with Gasteiger partial charge in [-0.1, -0.05) is 55.5 Å². The van der Waals surface area contributed by atoms with E-state index in [9.17, 15) is 57.8 Å². The first-order chi connectivity index (χ1) is 39.0. The van der Waals surface area contributed by atoms with Crippen molar-refractivity contribution in [3.05, 3.63) is 71.9 Å². The minimum atomic E-state index is -1.50. The van der Waals surface area contributed by atoms with Gasteiger partial charge in [-0.3, -0.25) is 62.8 Å². The number of carbonyl (C=O) groups excluding carboxylic acids is 10. The summed E-state index contributed by atoms with van der Waals surface area (Å²) in [4.78, 5) is 159. The number of rotatable bonds is 35. The van der Waals surface area contributed by atoms with Crippen LogP contribution in [0.1, 0.15) is 69.4 Å². The largest absolute Gasteiger partial charge is 0.481 e. The standard InChI is InChI=1S/C51H73N17O12S2/c1-2-30(61-43(74)32(15-8-18-40(70)71)63-47(78)38(26-82)60-39(69)24-68-48(79)34(67-51(68)80)17-10-20-58-50(55)56)42(73)64-35(21-27-11-4-3-5-12-27)45(76)62-33(16-9-19-57-49(53)54)44(75)65-36(46(77)66-37(25-81)41(52)72)22-28-23-59-31-14-7-6-13-29(28)31/h3-7,11-14,23,30,32-38,59,81-82H,2,8-10,15-22,24-26H2,1H3,(H2,52,72)(H,60,69)(H,61,74)(H,62,76)(H,63,78)(H,64,73)(H,65,75)(H,66,77)(H,67,80)(H,70,71)(H4,53,54,57)(H4,55,56,58)/t30-,32-,33-,34-,35+,36-,37-,38-/m0/s1. The van der Waals surface area contributed by atoms with Crippen LogP contribution in [-0.2, 0) is 60.8 Å². The minimum Gasteiger partial charge on any atom is -0.481 e. The normalized spacial score (nSPS) is 15.4. The lowest BCUT2D eigenvalue weighted by atomic mass is 10.0. The number of para-hydroxylation sites is 1. The van der Waals surface area contributed by atoms with Gasteiger partial charge in [0.05, 0.1) is 0 Å². The molecule has 82 heavy (non-hydrogen) atoms. The zero-order valence-electron chi connectivity index (χ0n) is 45.1. The lowest BCUT2D eigenvalue weighted by Crippen LogP contribution is -2.60. The average molecular weight is 1180 g/mol. The lowest BCUT2D eigenvalue weighted by Gasteiger charge is -2.28. The Balaban J connectivity index is 1.54. The number of imide groups is 1. The summed E-state index contributed by atoms with van der Waals surface area (Å²) in [5, 5.41) is 30.6. The van der Waals surface area contributed by atoms with E-state index >= 15 is 0 Å². The molecule has 20 N–H and O–H groups in total. The zero-order chi connectivity index (χ0) is 60.5. The molecule has 1 saturated heterocycles. The quantitative estimate of drug-likeness (QED) is 0.00889. The summed E-state index contributed by atoms with van der Waals surface area (Å²) in [5.74, 6) is -9.85. The number of fused-ring (bicyclic) bond motifs is 1. The molecule has 446 valence electrons. The second-order valence-corrected chi connectivity index (χ2v) is 19.8. The van der Waals surface area contributed by atoms with Crippen molar-refractivity contribution < 1.29 is 57.8 Å². The Hall–Kier alpha value is -8.61. The molecule has 8 atom stereocenters. The molecule has 3 aromatic rings. The van der Waals surface area contributed by atoms with Gasteiger partial charge in [-0.2, -0.15) is 25.3 Å². The van der Waals surface area contributed by atoms with Gasteiger partial charge in [0, 0.05) is 61.0 Å². The van der Waals surface area contributed by atoms with E-state index < -0.39 is 126 Å². The molecule has 0 unspecified atom stereocenters. The van der Waals surface area contributed by atoms with Crippen LogP contribution < -0.4 is 71.2 Å². The second-order valence-electron chi connectivity index (χ2n) is 19.0. The third kappa shape index (κ3) is 21.1. The highest BCUT2D eigenvalue weighted by atomic mass is 32.1. The number of amides is 11. The van der Waals surface area contributed by atoms with Crippen molar-refractivity contribution in [2.45, 2.75) is 119 Å². The topological polar surface area (TPSA) is 478 Å². The zero-order valence-corrected chi connectivity index (χ0v) is 46.8. The summed E-state index contributed by atoms with van der Waals surface area (Å²) in [6.07, 6.45) is 1.08. The number of carbonyl (C=O) groups is 11. The van der Waals surface area contributed by atoms with Crippen LogP contribution in [-0.4, -0.2) is 172 Å². The van der Waals surface area contributed by atoms with E-state index in [-0.39, 0.29) is 87.9 Å². The van der Waals surface area contributed by atoms with Crippen LogP contribution in [0, 0.1) is 0 Å². The first-order valence-electron chi connectivity index (χ1n) is 26.2. The van der Waals surface area contributed by atoms with Crippen LogP contribution >= 0.6 is 25.3 Å². The molecule has 0 saturated carbocycles. The summed E-state index contributed by atoms with van der Waals surface area (Å²) < 4.78 is 0. The molecule has 11 amide bonds. The van der Waals surface area contributed by atoms with Gasteiger partial charge < -0.3 is 81.3 Å². The molecule has 2 heterocycles. The van der Waals surface area contributed by atoms with E-state index in [1.54, 1.807) is 49.5 Å². The van der Waals surface area contributed by atoms with Crippen molar-refractivity contribution in [2.24, 2.45) is 38.7 Å². The predicted octanol–water partition coefficient (Wildman–Crippen LogP) is -3.62. The number of hydrogen-bond acceptors (Lipinski definition) is 15. The van der Waals surface area contributed by atoms with Crippen LogP contribution in [0.4, 0.5) is 4.79 Å². The predicted molar refractivity (Wildman–Crippen MR) is 308 cm³/mol. The van der Waals surface area contributed by atoms with Crippen molar-refractivity contribution in [2.75, 3.05) is 31.1 Å². The molecule has 29 nitrogen and oxygen atoms in total. The van der Waals surface area contributed by atoms with Crippen LogP contribution in [0.15, 0.2) is 70.8 Å². The molecule has 4 rings (SSSR count). The van der Waals surface area contributed by atoms with Crippen LogP contribution in [0.5, 0.6) is 0 Å². The second kappa shape index (κ2) is 33.2. The Kier molecular flexibility index (Phi) is 26.7. The average Bonchev–Trinajstić information content (AvgIpc) is 4.08. The summed E-state index contributed by atoms with van der Waals surface area (Å²) in [6.45, 7) is 0.985. The molecular weight excluding hydrogens is 1110 g/mol. The SMILES string of the molecule is CC[C@H](NC(=O)[C@H](CCCC(=O)O)NC(=O)[C@H](CS)NC(=O)CN1C(=O)N[C@@H](CCCN=C(N)N)C1=O)C(=O)N[C@H](Cc1ccccc1)C(=O)N[C@@H](CCCN=C(N)N)C(=O)N[C@@H](Cc1c[nH]c2ccccc12)C(=O)N[C@@H](CS)C(N)=O. The highest BCUT2D eigenvalue weighted by Gasteiger charge is 2.40. The van der Waals surface area contributed by atoms with E-state index in [0.29, 0.717) is 22.4 Å². The number of carboxylic acid groups (broad SMARTS) is 1. The number of carboxylic acids is 1. The van der Waals surface area contributed by atoms with E-state index in [1.165, 1.54) is 0 Å². The molecule has 2 aromatic carbocycles. The Morgan fingerprint density at radius 2 is 1.12 bits per heavy atom. The number of nitrogens with one attached hydrogen (secondary N) is 9. The van der Waals surface area contributed by atoms with Gasteiger partial charge in [-0.15, -0.1) is 0 Å². The molecule has 1 aliphatic rings. The molecule has 1 aliphatic heterocycles. The van der Waals surface area contributed by atoms with Gasteiger partial charge >= 0.3 is 12.0 Å². The third-order valence-electron chi connectivity index (χ3n) is 12.8. The number of primary amides is 1. The maximum Gasteiger partial charge on any atom is 0.325 e. The van der Waals surface area contributed by atoms with Crippen molar-refractivity contribution in [1.29, 1.82) is 0 Å². The number of benzene rings is 2. The molecule has 1 fully saturated rings. The summed E-state index contributed by atoms with van der Waals surface area (Å²) in [7, 11) is 0. The van der Waals surface area contributed by atoms with Gasteiger partial charge in [0.1, 0.15) is 54.9 Å². The maximum atomic E-state index is 14.5. The van der Waals surface area contributed by atoms with Crippen molar-refractivity contribution in [3.63, 3.8) is 0 Å². The summed E-state index contributed by atoms with van der Waals surface area (Å²) >= 11 is 8.31. The first kappa shape index (κ1) is 65.9. The van der Waals surface area contributed by atoms with E-state index in [0.717, 1.165) is 10.9 Å². The fourth-order valence-electron chi connectivity index (χ4n) is 8.48. The number of H-pyrrole nitrogens is 1. The van der Waals surface area contributed by atoms with E-state index in [1.807, 2.05) is 18.2 Å². The molecule has 0 radical (unpaired) electrons. The van der Waals surface area contributed by atoms with Crippen LogP contribution in [0.2, 0.25) is 0 Å². The smallest absolute Gasteiger partial charge is 0.325 e. The monoisotopic (exact) mass is 1180 g/mol. The maximum absolute atomic E-state index is 14.5. The molecule has 0 spiro atoms. The summed E-state index contributed by atoms with van der Waals surface area (Å²) in [6, 6.07) is 4.21. The van der Waals surface area contributed by atoms with Gasteiger partial charge in [0.15, 0.2) is 11.9 Å². The van der Waals surface area contributed by atoms with Crippen LogP contribution in [0.25, 0.3) is 10.9 Å². The van der Waals surface area contributed by atoms with Gasteiger partial charge in [-0.25, -0.2) is 4.79 Å². The highest BCUT2D eigenvalue weighted by Crippen LogP contribution is 2.20. The first-order valence-corrected chi connectivity index (χ1v) is 27.5. The molecular formula is C51H73N17O12S2. The highest BCUT2D eigenvalue weighted by molar-refractivity contribution is 7.80. The number of urea groups is 1. The van der Waals surface area contributed by atoms with Crippen molar-refractivity contribution in [3.8, 4) is 0 Å². The number of aromatic nitrogens is 1. The summed E-state index contributed by atoms with van der Waals surface area (Å²) in [5.41, 5.74) is 29.2. The minimum absolute atomic E-state index is 0.0274. The van der Waals surface area contributed by atoms with E-state index in [2.05, 4.69) is 82.8 Å². The van der Waals surface area contributed by atoms with Gasteiger partial charge in [-0.05, 0) is 62.1 Å². The Morgan fingerprint density at radius 3 is 1.70 bits per heavy atom. The van der Waals surface area contributed by atoms with Gasteiger partial charge in [0.25, 0.3) is 5.91 Å².